The molecule has 3 aromatic rings. The van der Waals surface area contributed by atoms with Crippen molar-refractivity contribution < 1.29 is 9.34 Å². The number of rotatable bonds is 3. The Morgan fingerprint density at radius 3 is 2.45 bits per heavy atom. The van der Waals surface area contributed by atoms with Crippen molar-refractivity contribution in [3.05, 3.63) is 72.6 Å². The number of nitrogens with zero attached hydrogens (tertiary/aromatic N) is 1. The van der Waals surface area contributed by atoms with Gasteiger partial charge in [-0.2, -0.15) is 0 Å². The smallest absolute Gasteiger partial charge is 0.417 e. The maximum absolute atomic E-state index is 11.9. The van der Waals surface area contributed by atoms with Crippen molar-refractivity contribution in [1.82, 2.24) is 0 Å². The maximum Gasteiger partial charge on any atom is 0.417 e. The molecule has 110 valence electrons. The lowest BCUT2D eigenvalue weighted by atomic mass is 10.1. The molecule has 1 aromatic heterocycles. The molecule has 0 saturated carbocycles. The van der Waals surface area contributed by atoms with Crippen LogP contribution >= 0.6 is 22.6 Å². The van der Waals surface area contributed by atoms with Crippen molar-refractivity contribution in [2.75, 3.05) is 5.32 Å². The first kappa shape index (κ1) is 14.5. The normalized spacial score (nSPS) is 10.6. The summed E-state index contributed by atoms with van der Waals surface area (Å²) in [4.78, 5) is 22.4. The molecule has 0 aliphatic carbocycles. The van der Waals surface area contributed by atoms with Crippen LogP contribution in [0.5, 0.6) is 0 Å². The van der Waals surface area contributed by atoms with Gasteiger partial charge in [-0.25, -0.2) is 4.79 Å². The van der Waals surface area contributed by atoms with Gasteiger partial charge in [0.15, 0.2) is 0 Å². The second kappa shape index (κ2) is 5.76. The molecule has 0 unspecified atom stereocenters. The third-order valence-electron chi connectivity index (χ3n) is 3.09. The highest BCUT2D eigenvalue weighted by Gasteiger charge is 2.24. The Morgan fingerprint density at radius 2 is 1.77 bits per heavy atom. The van der Waals surface area contributed by atoms with E-state index in [0.29, 0.717) is 16.7 Å². The van der Waals surface area contributed by atoms with Crippen LogP contribution in [-0.2, 0) is 0 Å². The summed E-state index contributed by atoms with van der Waals surface area (Å²) in [6.07, 6.45) is 0. The summed E-state index contributed by atoms with van der Waals surface area (Å²) in [5.41, 5.74) is -0.489. The van der Waals surface area contributed by atoms with E-state index in [9.17, 15) is 14.9 Å². The Labute approximate surface area is 138 Å². The van der Waals surface area contributed by atoms with Crippen LogP contribution in [0.4, 0.5) is 17.1 Å². The van der Waals surface area contributed by atoms with Gasteiger partial charge in [-0.05, 0) is 59.0 Å². The van der Waals surface area contributed by atoms with Crippen molar-refractivity contribution in [3.63, 3.8) is 0 Å². The van der Waals surface area contributed by atoms with Gasteiger partial charge < -0.3 is 9.73 Å². The monoisotopic (exact) mass is 408 g/mol. The molecule has 0 amide bonds. The van der Waals surface area contributed by atoms with Crippen LogP contribution in [0.15, 0.2) is 57.7 Å². The molecule has 22 heavy (non-hydrogen) atoms. The topological polar surface area (TPSA) is 85.4 Å². The summed E-state index contributed by atoms with van der Waals surface area (Å²) >= 11 is 2.16. The van der Waals surface area contributed by atoms with E-state index >= 15 is 0 Å². The average molecular weight is 408 g/mol. The Balaban J connectivity index is 2.25. The number of hydrogen-bond acceptors (Lipinski definition) is 5. The van der Waals surface area contributed by atoms with E-state index in [1.807, 2.05) is 12.1 Å². The van der Waals surface area contributed by atoms with Gasteiger partial charge in [0.05, 0.1) is 4.92 Å². The van der Waals surface area contributed by atoms with Crippen molar-refractivity contribution in [3.8, 4) is 0 Å². The fraction of sp³-hybridized carbons (Fsp3) is 0. The van der Waals surface area contributed by atoms with Gasteiger partial charge in [0.25, 0.3) is 0 Å². The number of nitrogens with one attached hydrogen (secondary N) is 1. The van der Waals surface area contributed by atoms with E-state index < -0.39 is 16.2 Å². The zero-order valence-corrected chi connectivity index (χ0v) is 13.2. The minimum absolute atomic E-state index is 0.137. The highest BCUT2D eigenvalue weighted by atomic mass is 127. The SMILES string of the molecule is O=c1oc2ccccc2c(Nc2ccc(I)cc2)c1[N+](=O)[O-]. The standard InChI is InChI=1S/C15H9IN2O4/c16-9-5-7-10(8-6-9)17-13-11-3-1-2-4-12(11)22-15(19)14(13)18(20)21/h1-8,17H. The number of benzene rings is 2. The fourth-order valence-corrected chi connectivity index (χ4v) is 2.47. The van der Waals surface area contributed by atoms with Crippen molar-refractivity contribution in [1.29, 1.82) is 0 Å². The van der Waals surface area contributed by atoms with Gasteiger partial charge in [-0.1, -0.05) is 12.1 Å². The van der Waals surface area contributed by atoms with E-state index in [1.165, 1.54) is 0 Å². The number of fused-ring (bicyclic) bond motifs is 1. The van der Waals surface area contributed by atoms with Crippen LogP contribution < -0.4 is 10.9 Å². The zero-order valence-electron chi connectivity index (χ0n) is 11.1. The van der Waals surface area contributed by atoms with Crippen molar-refractivity contribution in [2.45, 2.75) is 0 Å². The molecule has 7 heteroatoms. The highest BCUT2D eigenvalue weighted by molar-refractivity contribution is 14.1. The lowest BCUT2D eigenvalue weighted by Crippen LogP contribution is -2.10. The Bertz CT molecular complexity index is 919. The van der Waals surface area contributed by atoms with E-state index in [1.54, 1.807) is 36.4 Å². The molecule has 0 aliphatic heterocycles. The molecule has 0 radical (unpaired) electrons. The van der Waals surface area contributed by atoms with E-state index in [-0.39, 0.29) is 5.69 Å². The third-order valence-corrected chi connectivity index (χ3v) is 3.80. The number of nitro groups is 1. The molecule has 2 aromatic carbocycles. The summed E-state index contributed by atoms with van der Waals surface area (Å²) in [6, 6.07) is 14.0. The zero-order chi connectivity index (χ0) is 15.7. The first-order valence-corrected chi connectivity index (χ1v) is 7.37. The van der Waals surface area contributed by atoms with Crippen LogP contribution in [-0.4, -0.2) is 4.92 Å². The Kier molecular flexibility index (Phi) is 3.80. The molecule has 0 spiro atoms. The second-order valence-corrected chi connectivity index (χ2v) is 5.74. The Hall–Kier alpha value is -2.42. The molecule has 6 nitrogen and oxygen atoms in total. The summed E-state index contributed by atoms with van der Waals surface area (Å²) in [7, 11) is 0. The first-order valence-electron chi connectivity index (χ1n) is 6.29. The third kappa shape index (κ3) is 2.67. The lowest BCUT2D eigenvalue weighted by Gasteiger charge is -2.09. The Morgan fingerprint density at radius 1 is 1.09 bits per heavy atom. The molecule has 0 aliphatic rings. The predicted molar refractivity (Wildman–Crippen MR) is 91.6 cm³/mol. The van der Waals surface area contributed by atoms with Crippen LogP contribution in [0, 0.1) is 13.7 Å². The molecule has 3 rings (SSSR count). The van der Waals surface area contributed by atoms with Gasteiger partial charge in [0.2, 0.25) is 0 Å². The largest absolute Gasteiger partial charge is 0.418 e. The lowest BCUT2D eigenvalue weighted by molar-refractivity contribution is -0.386. The summed E-state index contributed by atoms with van der Waals surface area (Å²) < 4.78 is 6.05. The fourth-order valence-electron chi connectivity index (χ4n) is 2.11. The van der Waals surface area contributed by atoms with Crippen molar-refractivity contribution in [2.24, 2.45) is 0 Å². The minimum atomic E-state index is -0.975. The summed E-state index contributed by atoms with van der Waals surface area (Å²) in [6.45, 7) is 0. The molecule has 0 saturated heterocycles. The second-order valence-electron chi connectivity index (χ2n) is 4.50. The minimum Gasteiger partial charge on any atom is -0.418 e. The van der Waals surface area contributed by atoms with Gasteiger partial charge in [-0.15, -0.1) is 0 Å². The van der Waals surface area contributed by atoms with Crippen molar-refractivity contribution >= 4 is 50.6 Å². The quantitative estimate of drug-likeness (QED) is 0.306. The van der Waals surface area contributed by atoms with Gasteiger partial charge in [-0.3, -0.25) is 10.1 Å². The predicted octanol–water partition coefficient (Wildman–Crippen LogP) is 4.05. The van der Waals surface area contributed by atoms with Gasteiger partial charge >= 0.3 is 11.3 Å². The number of hydrogen-bond donors (Lipinski definition) is 1. The molecule has 1 heterocycles. The maximum atomic E-state index is 11.9. The first-order chi connectivity index (χ1) is 10.6. The summed E-state index contributed by atoms with van der Waals surface area (Å²) in [5.74, 6) is 0. The van der Waals surface area contributed by atoms with Gasteiger partial charge in [0, 0.05) is 14.6 Å². The number of anilines is 2. The molecule has 0 atom stereocenters. The highest BCUT2D eigenvalue weighted by Crippen LogP contribution is 2.32. The van der Waals surface area contributed by atoms with Crippen LogP contribution in [0.1, 0.15) is 0 Å². The summed E-state index contributed by atoms with van der Waals surface area (Å²) in [5, 5.41) is 14.7. The van der Waals surface area contributed by atoms with Crippen LogP contribution in [0.3, 0.4) is 0 Å². The average Bonchev–Trinajstić information content (AvgIpc) is 2.49. The van der Waals surface area contributed by atoms with E-state index in [0.717, 1.165) is 3.57 Å². The number of para-hydroxylation sites is 1. The van der Waals surface area contributed by atoms with Gasteiger partial charge in [0.1, 0.15) is 11.3 Å². The molecular weight excluding hydrogens is 399 g/mol. The molecule has 1 N–H and O–H groups in total. The van der Waals surface area contributed by atoms with Crippen LogP contribution in [0.25, 0.3) is 11.0 Å². The number of halogens is 1. The molecule has 0 fully saturated rings. The van der Waals surface area contributed by atoms with E-state index in [4.69, 9.17) is 4.42 Å². The molecule has 0 bridgehead atoms. The van der Waals surface area contributed by atoms with E-state index in [2.05, 4.69) is 27.9 Å². The molecular formula is C15H9IN2O4. The van der Waals surface area contributed by atoms with Crippen LogP contribution in [0.2, 0.25) is 0 Å².